The summed E-state index contributed by atoms with van der Waals surface area (Å²) in [5.41, 5.74) is 4.61. The molecule has 3 rings (SSSR count). The van der Waals surface area contributed by atoms with E-state index in [-0.39, 0.29) is 5.75 Å². The summed E-state index contributed by atoms with van der Waals surface area (Å²) in [5.74, 6) is -1.14. The summed E-state index contributed by atoms with van der Waals surface area (Å²) >= 11 is 0. The summed E-state index contributed by atoms with van der Waals surface area (Å²) in [7, 11) is 1.54. The summed E-state index contributed by atoms with van der Waals surface area (Å²) in [6.45, 7) is 4.05. The first kappa shape index (κ1) is 25.0. The van der Waals surface area contributed by atoms with E-state index in [1.54, 1.807) is 61.5 Å². The van der Waals surface area contributed by atoms with Crippen LogP contribution in [0.4, 0.5) is 5.69 Å². The maximum Gasteiger partial charge on any atom is 0.343 e. The lowest BCUT2D eigenvalue weighted by atomic mass is 10.2. The largest absolute Gasteiger partial charge is 0.497 e. The number of anilines is 1. The van der Waals surface area contributed by atoms with Crippen LogP contribution in [-0.2, 0) is 9.59 Å². The first-order chi connectivity index (χ1) is 16.9. The molecule has 9 nitrogen and oxygen atoms in total. The topological polar surface area (TPSA) is 115 Å². The van der Waals surface area contributed by atoms with Gasteiger partial charge in [-0.05, 0) is 74.0 Å². The Morgan fingerprint density at radius 3 is 2.29 bits per heavy atom. The lowest BCUT2D eigenvalue weighted by molar-refractivity contribution is -0.136. The zero-order valence-electron chi connectivity index (χ0n) is 19.5. The van der Waals surface area contributed by atoms with Gasteiger partial charge in [-0.15, -0.1) is 0 Å². The van der Waals surface area contributed by atoms with Crippen molar-refractivity contribution in [2.45, 2.75) is 13.8 Å². The highest BCUT2D eigenvalue weighted by molar-refractivity contribution is 6.39. The third-order valence-electron chi connectivity index (χ3n) is 4.69. The fourth-order valence-corrected chi connectivity index (χ4v) is 2.88. The number of hydrogen-bond donors (Lipinski definition) is 2. The summed E-state index contributed by atoms with van der Waals surface area (Å²) < 4.78 is 16.1. The third-order valence-corrected chi connectivity index (χ3v) is 4.69. The smallest absolute Gasteiger partial charge is 0.343 e. The molecule has 3 aromatic rings. The Labute approximate surface area is 202 Å². The number of rotatable bonds is 8. The zero-order chi connectivity index (χ0) is 25.2. The molecular formula is C26H25N3O6. The second-order valence-electron chi connectivity index (χ2n) is 7.28. The van der Waals surface area contributed by atoms with Gasteiger partial charge in [-0.2, -0.15) is 5.10 Å². The van der Waals surface area contributed by atoms with Gasteiger partial charge in [-0.1, -0.05) is 17.7 Å². The van der Waals surface area contributed by atoms with Crippen molar-refractivity contribution in [2.75, 3.05) is 19.0 Å². The average molecular weight is 476 g/mol. The maximum atomic E-state index is 12.5. The quantitative estimate of drug-likeness (QED) is 0.169. The van der Waals surface area contributed by atoms with Crippen LogP contribution in [0.15, 0.2) is 71.8 Å². The predicted molar refractivity (Wildman–Crippen MR) is 131 cm³/mol. The number of nitrogens with one attached hydrogen (secondary N) is 2. The highest BCUT2D eigenvalue weighted by Crippen LogP contribution is 2.29. The van der Waals surface area contributed by atoms with Crippen molar-refractivity contribution in [1.29, 1.82) is 0 Å². The van der Waals surface area contributed by atoms with Crippen LogP contribution in [0.5, 0.6) is 17.2 Å². The number of nitrogens with zero attached hydrogens (tertiary/aromatic N) is 1. The van der Waals surface area contributed by atoms with Gasteiger partial charge in [0.2, 0.25) is 0 Å². The van der Waals surface area contributed by atoms with E-state index in [0.717, 1.165) is 5.56 Å². The molecule has 2 N–H and O–H groups in total. The van der Waals surface area contributed by atoms with Gasteiger partial charge in [0.05, 0.1) is 25.5 Å². The summed E-state index contributed by atoms with van der Waals surface area (Å²) in [6, 6.07) is 18.3. The molecule has 0 aliphatic carbocycles. The Kier molecular flexibility index (Phi) is 8.55. The number of aryl methyl sites for hydroxylation is 1. The van der Waals surface area contributed by atoms with Crippen LogP contribution in [0.1, 0.15) is 28.4 Å². The van der Waals surface area contributed by atoms with E-state index in [1.165, 1.54) is 13.3 Å². The van der Waals surface area contributed by atoms with E-state index in [2.05, 4.69) is 15.8 Å². The van der Waals surface area contributed by atoms with Crippen LogP contribution in [0.25, 0.3) is 0 Å². The molecule has 0 unspecified atom stereocenters. The minimum Gasteiger partial charge on any atom is -0.497 e. The molecule has 3 aromatic carbocycles. The van der Waals surface area contributed by atoms with Gasteiger partial charge in [0.15, 0.2) is 11.5 Å². The van der Waals surface area contributed by atoms with Gasteiger partial charge >= 0.3 is 17.8 Å². The van der Waals surface area contributed by atoms with Gasteiger partial charge in [0.25, 0.3) is 0 Å². The van der Waals surface area contributed by atoms with E-state index >= 15 is 0 Å². The van der Waals surface area contributed by atoms with Crippen molar-refractivity contribution < 1.29 is 28.6 Å². The van der Waals surface area contributed by atoms with Gasteiger partial charge in [-0.25, -0.2) is 10.2 Å². The standard InChI is InChI=1S/C26H25N3O6/c1-4-34-23-15-18(7-14-22(23)35-26(32)19-8-12-21(33-3)13-9-19)16-27-29-25(31)24(30)28-20-10-5-17(2)6-11-20/h5-16H,4H2,1-3H3,(H,28,30)(H,29,31). The molecule has 0 bridgehead atoms. The Balaban J connectivity index is 1.62. The van der Waals surface area contributed by atoms with Crippen LogP contribution >= 0.6 is 0 Å². The first-order valence-corrected chi connectivity index (χ1v) is 10.7. The molecule has 0 aromatic heterocycles. The van der Waals surface area contributed by atoms with Crippen LogP contribution in [-0.4, -0.2) is 37.7 Å². The van der Waals surface area contributed by atoms with E-state index < -0.39 is 17.8 Å². The highest BCUT2D eigenvalue weighted by Gasteiger charge is 2.14. The van der Waals surface area contributed by atoms with Crippen molar-refractivity contribution in [3.8, 4) is 17.2 Å². The molecule has 0 spiro atoms. The molecular weight excluding hydrogens is 450 g/mol. The number of carbonyl (C=O) groups is 3. The van der Waals surface area contributed by atoms with Crippen molar-refractivity contribution in [3.05, 3.63) is 83.4 Å². The van der Waals surface area contributed by atoms with Crippen molar-refractivity contribution in [3.63, 3.8) is 0 Å². The summed E-state index contributed by atoms with van der Waals surface area (Å²) in [4.78, 5) is 36.5. The molecule has 9 heteroatoms. The Morgan fingerprint density at radius 1 is 0.914 bits per heavy atom. The lowest BCUT2D eigenvalue weighted by Crippen LogP contribution is -2.32. The predicted octanol–water partition coefficient (Wildman–Crippen LogP) is 3.71. The van der Waals surface area contributed by atoms with Crippen molar-refractivity contribution in [2.24, 2.45) is 5.10 Å². The molecule has 0 saturated heterocycles. The third kappa shape index (κ3) is 7.16. The number of amides is 2. The van der Waals surface area contributed by atoms with Crippen LogP contribution in [0.2, 0.25) is 0 Å². The molecule has 0 aliphatic heterocycles. The SMILES string of the molecule is CCOc1cc(C=NNC(=O)C(=O)Nc2ccc(C)cc2)ccc1OC(=O)c1ccc(OC)cc1. The minimum atomic E-state index is -0.920. The minimum absolute atomic E-state index is 0.228. The molecule has 35 heavy (non-hydrogen) atoms. The van der Waals surface area contributed by atoms with Crippen LogP contribution in [0.3, 0.4) is 0 Å². The number of esters is 1. The Hall–Kier alpha value is -4.66. The second-order valence-corrected chi connectivity index (χ2v) is 7.28. The van der Waals surface area contributed by atoms with E-state index in [1.807, 2.05) is 19.1 Å². The molecule has 0 saturated carbocycles. The molecule has 0 radical (unpaired) electrons. The Bertz CT molecular complexity index is 1220. The average Bonchev–Trinajstić information content (AvgIpc) is 2.87. The zero-order valence-corrected chi connectivity index (χ0v) is 19.5. The van der Waals surface area contributed by atoms with Crippen molar-refractivity contribution >= 4 is 29.7 Å². The number of ether oxygens (including phenoxy) is 3. The molecule has 2 amide bonds. The molecule has 0 heterocycles. The van der Waals surface area contributed by atoms with E-state index in [9.17, 15) is 14.4 Å². The number of methoxy groups -OCH3 is 1. The van der Waals surface area contributed by atoms with Gasteiger partial charge < -0.3 is 19.5 Å². The van der Waals surface area contributed by atoms with E-state index in [0.29, 0.717) is 34.9 Å². The first-order valence-electron chi connectivity index (χ1n) is 10.7. The molecule has 180 valence electrons. The number of benzene rings is 3. The number of carbonyl (C=O) groups excluding carboxylic acids is 3. The highest BCUT2D eigenvalue weighted by atomic mass is 16.6. The number of hydrogen-bond acceptors (Lipinski definition) is 7. The molecule has 0 atom stereocenters. The van der Waals surface area contributed by atoms with Gasteiger partial charge in [-0.3, -0.25) is 9.59 Å². The fourth-order valence-electron chi connectivity index (χ4n) is 2.88. The summed E-state index contributed by atoms with van der Waals surface area (Å²) in [6.07, 6.45) is 1.34. The second kappa shape index (κ2) is 12.0. The van der Waals surface area contributed by atoms with Crippen LogP contribution < -0.4 is 25.0 Å². The Morgan fingerprint density at radius 2 is 1.63 bits per heavy atom. The maximum absolute atomic E-state index is 12.5. The fraction of sp³-hybridized carbons (Fsp3) is 0.154. The lowest BCUT2D eigenvalue weighted by Gasteiger charge is -2.11. The molecule has 0 aliphatic rings. The van der Waals surface area contributed by atoms with Gasteiger partial charge in [0, 0.05) is 5.69 Å². The normalized spacial score (nSPS) is 10.5. The van der Waals surface area contributed by atoms with Crippen molar-refractivity contribution in [1.82, 2.24) is 5.43 Å². The summed E-state index contributed by atoms with van der Waals surface area (Å²) in [5, 5.41) is 6.30. The van der Waals surface area contributed by atoms with Gasteiger partial charge in [0.1, 0.15) is 5.75 Å². The molecule has 0 fully saturated rings. The van der Waals surface area contributed by atoms with E-state index in [4.69, 9.17) is 14.2 Å². The number of hydrazone groups is 1. The monoisotopic (exact) mass is 475 g/mol. The van der Waals surface area contributed by atoms with Crippen LogP contribution in [0, 0.1) is 6.92 Å².